The number of hydrogen-bond donors (Lipinski definition) is 1. The minimum Gasteiger partial charge on any atom is -0.497 e. The molecule has 0 aromatic heterocycles. The molecule has 0 aliphatic rings. The Morgan fingerprint density at radius 3 is 2.65 bits per heavy atom. The lowest BCUT2D eigenvalue weighted by Crippen LogP contribution is -2.09. The van der Waals surface area contributed by atoms with E-state index in [0.717, 1.165) is 16.2 Å². The Morgan fingerprint density at radius 2 is 1.95 bits per heavy atom. The van der Waals surface area contributed by atoms with E-state index >= 15 is 0 Å². The summed E-state index contributed by atoms with van der Waals surface area (Å²) >= 11 is 3.37. The van der Waals surface area contributed by atoms with Crippen molar-refractivity contribution in [3.8, 4) is 5.75 Å². The minimum absolute atomic E-state index is 0.281. The standard InChI is InChI=1S/C15H14BrF2NO/c1-9(13-4-3-5-14(17)15(13)18)19-11-6-10(16)7-12(8-11)20-2/h3-9,19H,1-2H3. The van der Waals surface area contributed by atoms with Crippen LogP contribution < -0.4 is 10.1 Å². The molecule has 2 nitrogen and oxygen atoms in total. The van der Waals surface area contributed by atoms with E-state index in [4.69, 9.17) is 4.74 Å². The van der Waals surface area contributed by atoms with Gasteiger partial charge in [-0.2, -0.15) is 0 Å². The summed E-state index contributed by atoms with van der Waals surface area (Å²) in [5, 5.41) is 3.13. The molecule has 0 saturated heterocycles. The summed E-state index contributed by atoms with van der Waals surface area (Å²) in [6, 6.07) is 9.24. The van der Waals surface area contributed by atoms with Crippen molar-refractivity contribution < 1.29 is 13.5 Å². The van der Waals surface area contributed by atoms with Crippen molar-refractivity contribution in [1.29, 1.82) is 0 Å². The zero-order valence-electron chi connectivity index (χ0n) is 11.1. The number of anilines is 1. The van der Waals surface area contributed by atoms with Gasteiger partial charge in [0.2, 0.25) is 0 Å². The van der Waals surface area contributed by atoms with Crippen molar-refractivity contribution in [2.75, 3.05) is 12.4 Å². The van der Waals surface area contributed by atoms with Gasteiger partial charge in [-0.1, -0.05) is 28.1 Å². The van der Waals surface area contributed by atoms with Crippen LogP contribution in [0.1, 0.15) is 18.5 Å². The second-order valence-corrected chi connectivity index (χ2v) is 5.30. The lowest BCUT2D eigenvalue weighted by molar-refractivity contribution is 0.414. The molecule has 1 atom stereocenters. The Hall–Kier alpha value is -1.62. The summed E-state index contributed by atoms with van der Waals surface area (Å²) in [5.41, 5.74) is 1.04. The molecule has 0 saturated carbocycles. The highest BCUT2D eigenvalue weighted by Crippen LogP contribution is 2.28. The fourth-order valence-electron chi connectivity index (χ4n) is 1.95. The predicted molar refractivity (Wildman–Crippen MR) is 79.1 cm³/mol. The van der Waals surface area contributed by atoms with Crippen molar-refractivity contribution in [2.45, 2.75) is 13.0 Å². The first-order valence-corrected chi connectivity index (χ1v) is 6.85. The van der Waals surface area contributed by atoms with Crippen molar-refractivity contribution in [3.63, 3.8) is 0 Å². The van der Waals surface area contributed by atoms with E-state index in [1.165, 1.54) is 6.07 Å². The average Bonchev–Trinajstić information content (AvgIpc) is 2.41. The van der Waals surface area contributed by atoms with Gasteiger partial charge in [0.1, 0.15) is 5.75 Å². The fraction of sp³-hybridized carbons (Fsp3) is 0.200. The highest BCUT2D eigenvalue weighted by Gasteiger charge is 2.14. The molecule has 2 aromatic rings. The van der Waals surface area contributed by atoms with Crippen LogP contribution >= 0.6 is 15.9 Å². The number of ether oxygens (including phenoxy) is 1. The van der Waals surface area contributed by atoms with Crippen LogP contribution in [0.2, 0.25) is 0 Å². The van der Waals surface area contributed by atoms with E-state index < -0.39 is 11.6 Å². The molecule has 1 unspecified atom stereocenters. The third-order valence-corrected chi connectivity index (χ3v) is 3.40. The summed E-state index contributed by atoms with van der Waals surface area (Å²) in [6.07, 6.45) is 0. The lowest BCUT2D eigenvalue weighted by Gasteiger charge is -2.17. The van der Waals surface area contributed by atoms with Crippen LogP contribution in [0.3, 0.4) is 0 Å². The number of hydrogen-bond acceptors (Lipinski definition) is 2. The highest BCUT2D eigenvalue weighted by atomic mass is 79.9. The molecular formula is C15H14BrF2NO. The van der Waals surface area contributed by atoms with Gasteiger partial charge in [0.15, 0.2) is 11.6 Å². The van der Waals surface area contributed by atoms with Crippen molar-refractivity contribution in [1.82, 2.24) is 0 Å². The van der Waals surface area contributed by atoms with Gasteiger partial charge in [-0.3, -0.25) is 0 Å². The zero-order chi connectivity index (χ0) is 14.7. The Labute approximate surface area is 124 Å². The summed E-state index contributed by atoms with van der Waals surface area (Å²) < 4.78 is 33.0. The van der Waals surface area contributed by atoms with E-state index in [1.54, 1.807) is 26.2 Å². The number of nitrogens with one attached hydrogen (secondary N) is 1. The molecule has 2 aromatic carbocycles. The van der Waals surface area contributed by atoms with Gasteiger partial charge < -0.3 is 10.1 Å². The lowest BCUT2D eigenvalue weighted by atomic mass is 10.1. The van der Waals surface area contributed by atoms with Gasteiger partial charge in [0.05, 0.1) is 13.2 Å². The number of halogens is 3. The summed E-state index contributed by atoms with van der Waals surface area (Å²) in [4.78, 5) is 0. The maximum atomic E-state index is 13.7. The van der Waals surface area contributed by atoms with Crippen LogP contribution in [-0.2, 0) is 0 Å². The summed E-state index contributed by atoms with van der Waals surface area (Å²) in [6.45, 7) is 1.77. The molecule has 0 aliphatic heterocycles. The van der Waals surface area contributed by atoms with Crippen LogP contribution in [0, 0.1) is 11.6 Å². The Bertz CT molecular complexity index is 619. The molecule has 0 heterocycles. The molecule has 0 spiro atoms. The minimum atomic E-state index is -0.844. The highest BCUT2D eigenvalue weighted by molar-refractivity contribution is 9.10. The third kappa shape index (κ3) is 3.28. The van der Waals surface area contributed by atoms with E-state index in [-0.39, 0.29) is 11.6 Å². The molecule has 0 aliphatic carbocycles. The van der Waals surface area contributed by atoms with Crippen LogP contribution in [-0.4, -0.2) is 7.11 Å². The Kier molecular flexibility index (Phi) is 4.60. The second kappa shape index (κ2) is 6.22. The number of methoxy groups -OCH3 is 1. The van der Waals surface area contributed by atoms with Gasteiger partial charge in [0, 0.05) is 21.8 Å². The van der Waals surface area contributed by atoms with Crippen molar-refractivity contribution in [3.05, 3.63) is 58.1 Å². The van der Waals surface area contributed by atoms with E-state index in [9.17, 15) is 8.78 Å². The van der Waals surface area contributed by atoms with E-state index in [0.29, 0.717) is 5.75 Å². The molecule has 5 heteroatoms. The van der Waals surface area contributed by atoms with Crippen LogP contribution in [0.4, 0.5) is 14.5 Å². The van der Waals surface area contributed by atoms with Gasteiger partial charge >= 0.3 is 0 Å². The first-order valence-electron chi connectivity index (χ1n) is 6.06. The van der Waals surface area contributed by atoms with Crippen LogP contribution in [0.25, 0.3) is 0 Å². The Morgan fingerprint density at radius 1 is 1.20 bits per heavy atom. The molecule has 0 fully saturated rings. The first-order chi connectivity index (χ1) is 9.51. The molecule has 0 radical (unpaired) electrons. The SMILES string of the molecule is COc1cc(Br)cc(NC(C)c2cccc(F)c2F)c1. The van der Waals surface area contributed by atoms with Gasteiger partial charge in [-0.05, 0) is 25.1 Å². The number of benzene rings is 2. The largest absolute Gasteiger partial charge is 0.497 e. The monoisotopic (exact) mass is 341 g/mol. The molecule has 0 bridgehead atoms. The molecule has 2 rings (SSSR count). The quantitative estimate of drug-likeness (QED) is 0.853. The smallest absolute Gasteiger partial charge is 0.164 e. The average molecular weight is 342 g/mol. The molecule has 1 N–H and O–H groups in total. The first kappa shape index (κ1) is 14.8. The third-order valence-electron chi connectivity index (χ3n) is 2.94. The molecular weight excluding hydrogens is 328 g/mol. The van der Waals surface area contributed by atoms with Crippen LogP contribution in [0.5, 0.6) is 5.75 Å². The van der Waals surface area contributed by atoms with E-state index in [1.807, 2.05) is 12.1 Å². The topological polar surface area (TPSA) is 21.3 Å². The number of rotatable bonds is 4. The summed E-state index contributed by atoms with van der Waals surface area (Å²) in [5.74, 6) is -0.994. The second-order valence-electron chi connectivity index (χ2n) is 4.39. The van der Waals surface area contributed by atoms with Gasteiger partial charge in [-0.15, -0.1) is 0 Å². The van der Waals surface area contributed by atoms with Crippen molar-refractivity contribution >= 4 is 21.6 Å². The maximum Gasteiger partial charge on any atom is 0.164 e. The molecule has 106 valence electrons. The van der Waals surface area contributed by atoms with Gasteiger partial charge in [0.25, 0.3) is 0 Å². The predicted octanol–water partition coefficient (Wildman–Crippen LogP) is 4.91. The van der Waals surface area contributed by atoms with E-state index in [2.05, 4.69) is 21.2 Å². The maximum absolute atomic E-state index is 13.7. The van der Waals surface area contributed by atoms with Crippen LogP contribution in [0.15, 0.2) is 40.9 Å². The fourth-order valence-corrected chi connectivity index (χ4v) is 2.42. The normalized spacial score (nSPS) is 12.1. The zero-order valence-corrected chi connectivity index (χ0v) is 12.7. The molecule has 0 amide bonds. The summed E-state index contributed by atoms with van der Waals surface area (Å²) in [7, 11) is 1.57. The van der Waals surface area contributed by atoms with Crippen molar-refractivity contribution in [2.24, 2.45) is 0 Å². The Balaban J connectivity index is 2.25. The van der Waals surface area contributed by atoms with Gasteiger partial charge in [-0.25, -0.2) is 8.78 Å². The molecule has 20 heavy (non-hydrogen) atoms.